The number of amides is 1. The molecule has 0 radical (unpaired) electrons. The molecule has 2 heterocycles. The van der Waals surface area contributed by atoms with Crippen LogP contribution in [0.1, 0.15) is 31.6 Å². The molecule has 0 aliphatic carbocycles. The molecule has 2 atom stereocenters. The third-order valence-electron chi connectivity index (χ3n) is 4.32. The Kier molecular flexibility index (Phi) is 7.18. The molecule has 1 amide bonds. The van der Waals surface area contributed by atoms with Gasteiger partial charge in [0.2, 0.25) is 5.91 Å². The van der Waals surface area contributed by atoms with Gasteiger partial charge < -0.3 is 15.5 Å². The Balaban J connectivity index is 2.21. The maximum absolute atomic E-state index is 12.9. The van der Waals surface area contributed by atoms with E-state index in [9.17, 15) is 27.9 Å². The number of aliphatic hydroxyl groups excluding tert-OH is 1. The number of aliphatic carboxylic acids is 1. The number of aliphatic hydroxyl groups is 1. The highest BCUT2D eigenvalue weighted by Crippen LogP contribution is 2.32. The number of carboxylic acid groups (broad SMARTS) is 1. The van der Waals surface area contributed by atoms with E-state index in [2.05, 4.69) is 21.3 Å². The zero-order chi connectivity index (χ0) is 22.5. The number of halogens is 3. The largest absolute Gasteiger partial charge is 0.480 e. The van der Waals surface area contributed by atoms with E-state index in [-0.39, 0.29) is 24.2 Å². The number of fused-ring (bicyclic) bond motifs is 1. The Bertz CT molecular complexity index is 954. The first-order valence-electron chi connectivity index (χ1n) is 8.77. The number of terminal acetylenes is 1. The fraction of sp³-hybridized carbons (Fsp3) is 0.368. The fourth-order valence-corrected chi connectivity index (χ4v) is 2.90. The van der Waals surface area contributed by atoms with Crippen molar-refractivity contribution in [3.05, 3.63) is 41.5 Å². The van der Waals surface area contributed by atoms with Crippen LogP contribution in [0.5, 0.6) is 0 Å². The van der Waals surface area contributed by atoms with Crippen molar-refractivity contribution in [3.63, 3.8) is 0 Å². The van der Waals surface area contributed by atoms with Crippen LogP contribution in [-0.4, -0.2) is 55.7 Å². The van der Waals surface area contributed by atoms with E-state index >= 15 is 0 Å². The highest BCUT2D eigenvalue weighted by molar-refractivity contribution is 5.86. The van der Waals surface area contributed by atoms with E-state index < -0.39 is 42.3 Å². The molecular weight excluding hydrogens is 405 g/mol. The third kappa shape index (κ3) is 5.36. The van der Waals surface area contributed by atoms with E-state index in [0.29, 0.717) is 5.57 Å². The lowest BCUT2D eigenvalue weighted by molar-refractivity contribution is -0.139. The molecule has 0 spiro atoms. The Morgan fingerprint density at radius 3 is 2.70 bits per heavy atom. The summed E-state index contributed by atoms with van der Waals surface area (Å²) in [6.07, 6.45) is 3.95. The molecule has 3 N–H and O–H groups in total. The lowest BCUT2D eigenvalue weighted by Gasteiger charge is -2.27. The summed E-state index contributed by atoms with van der Waals surface area (Å²) in [5.41, 5.74) is -0.327. The lowest BCUT2D eigenvalue weighted by atomic mass is 9.96. The van der Waals surface area contributed by atoms with Crippen molar-refractivity contribution in [2.24, 2.45) is 0 Å². The number of allylic oxidation sites excluding steroid dienone is 5. The second-order valence-corrected chi connectivity index (χ2v) is 6.32. The van der Waals surface area contributed by atoms with Gasteiger partial charge in [0.1, 0.15) is 19.0 Å². The van der Waals surface area contributed by atoms with Crippen LogP contribution in [0.3, 0.4) is 0 Å². The Hall–Kier alpha value is -3.39. The standard InChI is InChI=1S/C19H19F3N4O4/c1-3-11(7-13(4-2)19(20,21)22)5-6-12-8-14(27)16(18(30)23-9-15(28)29)26-17(12)24-10-25-26/h1,4,7-8,10,14,16,27H,5-6,9H2,2H3,(H,23,30)(H,28,29)/b11-7+,13-4+. The summed E-state index contributed by atoms with van der Waals surface area (Å²) >= 11 is 0. The predicted octanol–water partition coefficient (Wildman–Crippen LogP) is 1.63. The van der Waals surface area contributed by atoms with E-state index in [1.165, 1.54) is 13.0 Å². The van der Waals surface area contributed by atoms with Gasteiger partial charge in [-0.05, 0) is 37.5 Å². The van der Waals surface area contributed by atoms with Crippen molar-refractivity contribution in [3.8, 4) is 12.3 Å². The van der Waals surface area contributed by atoms with Crippen molar-refractivity contribution < 1.29 is 33.0 Å². The van der Waals surface area contributed by atoms with Gasteiger partial charge in [0.15, 0.2) is 11.9 Å². The van der Waals surface area contributed by atoms with Gasteiger partial charge in [-0.25, -0.2) is 9.67 Å². The number of carbonyl (C=O) groups is 2. The quantitative estimate of drug-likeness (QED) is 0.452. The molecule has 160 valence electrons. The Labute approximate surface area is 169 Å². The van der Waals surface area contributed by atoms with Gasteiger partial charge in [-0.2, -0.15) is 18.3 Å². The number of aromatic nitrogens is 3. The summed E-state index contributed by atoms with van der Waals surface area (Å²) in [5.74, 6) is 0.443. The van der Waals surface area contributed by atoms with Crippen molar-refractivity contribution in [1.82, 2.24) is 20.1 Å². The first-order valence-corrected chi connectivity index (χ1v) is 8.77. The number of nitrogens with zero attached hydrogens (tertiary/aromatic N) is 3. The molecule has 8 nitrogen and oxygen atoms in total. The average Bonchev–Trinajstić information content (AvgIpc) is 3.14. The molecule has 0 saturated heterocycles. The normalized spacial score (nSPS) is 19.5. The van der Waals surface area contributed by atoms with Crippen LogP contribution in [0.4, 0.5) is 13.2 Å². The minimum Gasteiger partial charge on any atom is -0.480 e. The molecule has 0 aromatic carbocycles. The second kappa shape index (κ2) is 9.41. The minimum absolute atomic E-state index is 0.0607. The molecule has 0 bridgehead atoms. The number of carbonyl (C=O) groups excluding carboxylic acids is 1. The highest BCUT2D eigenvalue weighted by atomic mass is 19.4. The molecule has 11 heteroatoms. The zero-order valence-electron chi connectivity index (χ0n) is 15.8. The fourth-order valence-electron chi connectivity index (χ4n) is 2.90. The number of carboxylic acids is 1. The summed E-state index contributed by atoms with van der Waals surface area (Å²) in [4.78, 5) is 26.9. The molecule has 0 fully saturated rings. The summed E-state index contributed by atoms with van der Waals surface area (Å²) in [6.45, 7) is 0.622. The average molecular weight is 424 g/mol. The Morgan fingerprint density at radius 2 is 2.13 bits per heavy atom. The van der Waals surface area contributed by atoms with E-state index in [1.54, 1.807) is 0 Å². The SMILES string of the molecule is C#C/C(=C\C(=C/C)C(F)(F)F)CCC1=CC(O)C(C(=O)NCC(=O)O)n2ncnc21. The molecule has 2 unspecified atom stereocenters. The molecular formula is C19H19F3N4O4. The first kappa shape index (κ1) is 22.9. The van der Waals surface area contributed by atoms with Gasteiger partial charge in [0.05, 0.1) is 5.57 Å². The predicted molar refractivity (Wildman–Crippen MR) is 99.7 cm³/mol. The van der Waals surface area contributed by atoms with Crippen LogP contribution in [0.25, 0.3) is 5.57 Å². The van der Waals surface area contributed by atoms with Gasteiger partial charge in [0.25, 0.3) is 0 Å². The number of hydrogen-bond acceptors (Lipinski definition) is 5. The smallest absolute Gasteiger partial charge is 0.416 e. The van der Waals surface area contributed by atoms with E-state index in [0.717, 1.165) is 23.2 Å². The molecule has 30 heavy (non-hydrogen) atoms. The summed E-state index contributed by atoms with van der Waals surface area (Å²) in [7, 11) is 0. The maximum Gasteiger partial charge on any atom is 0.416 e. The van der Waals surface area contributed by atoms with Crippen LogP contribution in [0.2, 0.25) is 0 Å². The number of hydrogen-bond donors (Lipinski definition) is 3. The van der Waals surface area contributed by atoms with Crippen LogP contribution in [-0.2, 0) is 9.59 Å². The van der Waals surface area contributed by atoms with E-state index in [1.807, 2.05) is 0 Å². The molecule has 1 aromatic rings. The third-order valence-corrected chi connectivity index (χ3v) is 4.32. The van der Waals surface area contributed by atoms with Gasteiger partial charge in [-0.1, -0.05) is 12.0 Å². The van der Waals surface area contributed by atoms with Crippen LogP contribution in [0.15, 0.2) is 35.7 Å². The zero-order valence-corrected chi connectivity index (χ0v) is 15.8. The molecule has 1 aromatic heterocycles. The lowest BCUT2D eigenvalue weighted by Crippen LogP contribution is -2.43. The van der Waals surface area contributed by atoms with Crippen molar-refractivity contribution >= 4 is 17.4 Å². The van der Waals surface area contributed by atoms with E-state index in [4.69, 9.17) is 11.5 Å². The van der Waals surface area contributed by atoms with Crippen LogP contribution >= 0.6 is 0 Å². The van der Waals surface area contributed by atoms with Crippen molar-refractivity contribution in [2.75, 3.05) is 6.54 Å². The second-order valence-electron chi connectivity index (χ2n) is 6.32. The van der Waals surface area contributed by atoms with Gasteiger partial charge in [0, 0.05) is 5.57 Å². The molecule has 0 saturated carbocycles. The number of rotatable bonds is 7. The van der Waals surface area contributed by atoms with Crippen molar-refractivity contribution in [2.45, 2.75) is 38.1 Å². The molecule has 1 aliphatic rings. The summed E-state index contributed by atoms with van der Waals surface area (Å²) in [6, 6.07) is -1.23. The molecule has 2 rings (SSSR count). The van der Waals surface area contributed by atoms with Gasteiger partial charge in [-0.15, -0.1) is 6.42 Å². The monoisotopic (exact) mass is 424 g/mol. The summed E-state index contributed by atoms with van der Waals surface area (Å²) in [5, 5.41) is 25.1. The summed E-state index contributed by atoms with van der Waals surface area (Å²) < 4.78 is 39.9. The van der Waals surface area contributed by atoms with Crippen molar-refractivity contribution in [1.29, 1.82) is 0 Å². The minimum atomic E-state index is -4.53. The Morgan fingerprint density at radius 1 is 1.43 bits per heavy atom. The topological polar surface area (TPSA) is 117 Å². The van der Waals surface area contributed by atoms with Gasteiger partial charge in [-0.3, -0.25) is 9.59 Å². The first-order chi connectivity index (χ1) is 14.1. The highest BCUT2D eigenvalue weighted by Gasteiger charge is 2.35. The maximum atomic E-state index is 12.9. The van der Waals surface area contributed by atoms with Gasteiger partial charge >= 0.3 is 12.1 Å². The van der Waals surface area contributed by atoms with Crippen LogP contribution < -0.4 is 5.32 Å². The molecule has 1 aliphatic heterocycles. The number of nitrogens with one attached hydrogen (secondary N) is 1. The van der Waals surface area contributed by atoms with Crippen LogP contribution in [0, 0.1) is 12.3 Å². The number of alkyl halides is 3.